The average molecular weight is 223 g/mol. The Bertz CT molecular complexity index is 363. The lowest BCUT2D eigenvalue weighted by atomic mass is 10.0. The Morgan fingerprint density at radius 1 is 1.50 bits per heavy atom. The van der Waals surface area contributed by atoms with Crippen molar-refractivity contribution >= 4 is 5.97 Å². The molecule has 0 amide bonds. The number of carbonyl (C=O) groups excluding carboxylic acids is 1. The van der Waals surface area contributed by atoms with Gasteiger partial charge in [0.05, 0.1) is 19.3 Å². The first-order chi connectivity index (χ1) is 7.72. The van der Waals surface area contributed by atoms with Crippen molar-refractivity contribution in [3.8, 4) is 0 Å². The van der Waals surface area contributed by atoms with Crippen LogP contribution in [0.1, 0.15) is 21.5 Å². The summed E-state index contributed by atoms with van der Waals surface area (Å²) < 4.78 is 4.67. The van der Waals surface area contributed by atoms with Gasteiger partial charge < -0.3 is 15.2 Å². The standard InChI is InChI=1S/C12H17NO3/c1-13-6-5-9-3-4-10(8-14)11(7-9)12(15)16-2/h3-4,7,13-14H,5-6,8H2,1-2H3. The first-order valence-corrected chi connectivity index (χ1v) is 5.18. The molecule has 0 bridgehead atoms. The zero-order valence-corrected chi connectivity index (χ0v) is 9.62. The van der Waals surface area contributed by atoms with Gasteiger partial charge in [-0.05, 0) is 37.2 Å². The number of carbonyl (C=O) groups is 1. The summed E-state index contributed by atoms with van der Waals surface area (Å²) in [6.45, 7) is 0.690. The van der Waals surface area contributed by atoms with Gasteiger partial charge in [-0.25, -0.2) is 4.79 Å². The Kier molecular flexibility index (Phi) is 4.95. The van der Waals surface area contributed by atoms with Gasteiger partial charge in [0, 0.05) is 0 Å². The number of aliphatic hydroxyl groups excluding tert-OH is 1. The zero-order valence-electron chi connectivity index (χ0n) is 9.62. The Morgan fingerprint density at radius 2 is 2.25 bits per heavy atom. The van der Waals surface area contributed by atoms with E-state index >= 15 is 0 Å². The second kappa shape index (κ2) is 6.25. The number of nitrogens with one attached hydrogen (secondary N) is 1. The SMILES string of the molecule is CNCCc1ccc(CO)c(C(=O)OC)c1. The minimum atomic E-state index is -0.407. The summed E-state index contributed by atoms with van der Waals surface area (Å²) in [4.78, 5) is 11.5. The number of benzene rings is 1. The van der Waals surface area contributed by atoms with Crippen molar-refractivity contribution in [3.05, 3.63) is 34.9 Å². The first-order valence-electron chi connectivity index (χ1n) is 5.18. The third-order valence-electron chi connectivity index (χ3n) is 2.41. The lowest BCUT2D eigenvalue weighted by Gasteiger charge is -2.08. The Labute approximate surface area is 95.2 Å². The van der Waals surface area contributed by atoms with E-state index in [1.807, 2.05) is 13.1 Å². The molecule has 0 aliphatic rings. The second-order valence-corrected chi connectivity index (χ2v) is 3.49. The fourth-order valence-corrected chi connectivity index (χ4v) is 1.49. The fraction of sp³-hybridized carbons (Fsp3) is 0.417. The van der Waals surface area contributed by atoms with Crippen molar-refractivity contribution in [3.63, 3.8) is 0 Å². The molecule has 4 heteroatoms. The Morgan fingerprint density at radius 3 is 2.81 bits per heavy atom. The van der Waals surface area contributed by atoms with Gasteiger partial charge in [0.1, 0.15) is 0 Å². The molecule has 0 spiro atoms. The molecule has 0 atom stereocenters. The van der Waals surface area contributed by atoms with E-state index in [0.717, 1.165) is 18.5 Å². The van der Waals surface area contributed by atoms with E-state index in [4.69, 9.17) is 5.11 Å². The van der Waals surface area contributed by atoms with Crippen LogP contribution >= 0.6 is 0 Å². The summed E-state index contributed by atoms with van der Waals surface area (Å²) in [5.41, 5.74) is 2.09. The molecule has 0 radical (unpaired) electrons. The number of ether oxygens (including phenoxy) is 1. The number of aliphatic hydroxyl groups is 1. The van der Waals surface area contributed by atoms with Gasteiger partial charge in [-0.3, -0.25) is 0 Å². The number of hydrogen-bond donors (Lipinski definition) is 2. The molecular weight excluding hydrogens is 206 g/mol. The normalized spacial score (nSPS) is 10.2. The number of methoxy groups -OCH3 is 1. The smallest absolute Gasteiger partial charge is 0.338 e. The van der Waals surface area contributed by atoms with Crippen LogP contribution in [0, 0.1) is 0 Å². The van der Waals surface area contributed by atoms with Crippen LogP contribution in [0.4, 0.5) is 0 Å². The van der Waals surface area contributed by atoms with Crippen LogP contribution in [-0.2, 0) is 17.8 Å². The predicted octanol–water partition coefficient (Wildman–Crippen LogP) is 0.727. The van der Waals surface area contributed by atoms with Crippen molar-refractivity contribution < 1.29 is 14.6 Å². The molecule has 0 saturated carbocycles. The molecule has 0 unspecified atom stereocenters. The molecule has 1 aromatic carbocycles. The quantitative estimate of drug-likeness (QED) is 0.722. The van der Waals surface area contributed by atoms with Gasteiger partial charge in [0.2, 0.25) is 0 Å². The molecular formula is C12H17NO3. The predicted molar refractivity (Wildman–Crippen MR) is 61.3 cm³/mol. The van der Waals surface area contributed by atoms with Crippen LogP contribution in [0.25, 0.3) is 0 Å². The molecule has 88 valence electrons. The number of likely N-dealkylation sites (N-methyl/N-ethyl adjacent to an activating group) is 1. The van der Waals surface area contributed by atoms with Crippen LogP contribution in [-0.4, -0.2) is 31.8 Å². The van der Waals surface area contributed by atoms with E-state index in [9.17, 15) is 4.79 Å². The average Bonchev–Trinajstić information content (AvgIpc) is 2.35. The third kappa shape index (κ3) is 3.05. The zero-order chi connectivity index (χ0) is 12.0. The van der Waals surface area contributed by atoms with Crippen molar-refractivity contribution in [1.29, 1.82) is 0 Å². The molecule has 1 aromatic rings. The summed E-state index contributed by atoms with van der Waals surface area (Å²) >= 11 is 0. The molecule has 1 rings (SSSR count). The van der Waals surface area contributed by atoms with E-state index in [2.05, 4.69) is 10.1 Å². The van der Waals surface area contributed by atoms with Crippen LogP contribution in [0.5, 0.6) is 0 Å². The molecule has 0 fully saturated rings. The monoisotopic (exact) mass is 223 g/mol. The van der Waals surface area contributed by atoms with E-state index in [1.54, 1.807) is 12.1 Å². The molecule has 2 N–H and O–H groups in total. The molecule has 0 aliphatic carbocycles. The van der Waals surface area contributed by atoms with Crippen molar-refractivity contribution in [1.82, 2.24) is 5.32 Å². The highest BCUT2D eigenvalue weighted by molar-refractivity contribution is 5.91. The van der Waals surface area contributed by atoms with Gasteiger partial charge in [0.25, 0.3) is 0 Å². The molecule has 0 aliphatic heterocycles. The Balaban J connectivity index is 2.96. The molecule has 0 saturated heterocycles. The second-order valence-electron chi connectivity index (χ2n) is 3.49. The lowest BCUT2D eigenvalue weighted by Crippen LogP contribution is -2.12. The van der Waals surface area contributed by atoms with Crippen LogP contribution in [0.15, 0.2) is 18.2 Å². The largest absolute Gasteiger partial charge is 0.465 e. The molecule has 0 heterocycles. The Hall–Kier alpha value is -1.39. The lowest BCUT2D eigenvalue weighted by molar-refractivity contribution is 0.0597. The van der Waals surface area contributed by atoms with Crippen molar-refractivity contribution in [2.24, 2.45) is 0 Å². The maximum atomic E-state index is 11.5. The fourth-order valence-electron chi connectivity index (χ4n) is 1.49. The highest BCUT2D eigenvalue weighted by Crippen LogP contribution is 2.14. The minimum absolute atomic E-state index is 0.156. The topological polar surface area (TPSA) is 58.6 Å². The van der Waals surface area contributed by atoms with Crippen LogP contribution in [0.3, 0.4) is 0 Å². The summed E-state index contributed by atoms with van der Waals surface area (Å²) in [5, 5.41) is 12.2. The minimum Gasteiger partial charge on any atom is -0.465 e. The van der Waals surface area contributed by atoms with Gasteiger partial charge in [0.15, 0.2) is 0 Å². The molecule has 0 aromatic heterocycles. The van der Waals surface area contributed by atoms with Gasteiger partial charge in [-0.2, -0.15) is 0 Å². The summed E-state index contributed by atoms with van der Waals surface area (Å²) in [7, 11) is 3.22. The highest BCUT2D eigenvalue weighted by atomic mass is 16.5. The van der Waals surface area contributed by atoms with Crippen molar-refractivity contribution in [2.45, 2.75) is 13.0 Å². The van der Waals surface area contributed by atoms with E-state index in [0.29, 0.717) is 11.1 Å². The number of esters is 1. The maximum absolute atomic E-state index is 11.5. The third-order valence-corrected chi connectivity index (χ3v) is 2.41. The van der Waals surface area contributed by atoms with Crippen LogP contribution < -0.4 is 5.32 Å². The molecule has 4 nitrogen and oxygen atoms in total. The maximum Gasteiger partial charge on any atom is 0.338 e. The van der Waals surface area contributed by atoms with E-state index in [-0.39, 0.29) is 6.61 Å². The van der Waals surface area contributed by atoms with Crippen LogP contribution in [0.2, 0.25) is 0 Å². The van der Waals surface area contributed by atoms with E-state index in [1.165, 1.54) is 7.11 Å². The summed E-state index contributed by atoms with van der Waals surface area (Å²) in [6.07, 6.45) is 0.839. The number of hydrogen-bond acceptors (Lipinski definition) is 4. The molecule has 16 heavy (non-hydrogen) atoms. The highest BCUT2D eigenvalue weighted by Gasteiger charge is 2.11. The van der Waals surface area contributed by atoms with Crippen molar-refractivity contribution in [2.75, 3.05) is 20.7 Å². The van der Waals surface area contributed by atoms with Gasteiger partial charge in [-0.1, -0.05) is 12.1 Å². The summed E-state index contributed by atoms with van der Waals surface area (Å²) in [5.74, 6) is -0.407. The first kappa shape index (κ1) is 12.7. The summed E-state index contributed by atoms with van der Waals surface area (Å²) in [6, 6.07) is 5.45. The van der Waals surface area contributed by atoms with Gasteiger partial charge >= 0.3 is 5.97 Å². The number of rotatable bonds is 5. The van der Waals surface area contributed by atoms with Gasteiger partial charge in [-0.15, -0.1) is 0 Å². The van der Waals surface area contributed by atoms with E-state index < -0.39 is 5.97 Å².